The topological polar surface area (TPSA) is 74.7 Å². The molecule has 0 aromatic carbocycles. The number of carbonyl (C=O) groups excluding carboxylic acids is 2. The summed E-state index contributed by atoms with van der Waals surface area (Å²) < 4.78 is 0. The third-order valence-electron chi connectivity index (χ3n) is 4.63. The Hall–Kier alpha value is -0.430. The normalized spacial score (nSPS) is 44.0. The van der Waals surface area contributed by atoms with Crippen LogP contribution >= 0.6 is 31.9 Å². The number of hydrogen-bond donors (Lipinski definition) is 1. The minimum absolute atomic E-state index is 0.000650. The fourth-order valence-corrected chi connectivity index (χ4v) is 5.71. The zero-order valence-electron chi connectivity index (χ0n) is 9.96. The van der Waals surface area contributed by atoms with Gasteiger partial charge in [-0.2, -0.15) is 0 Å². The van der Waals surface area contributed by atoms with Crippen LogP contribution in [0.25, 0.3) is 0 Å². The molecule has 6 atom stereocenters. The molecule has 5 nitrogen and oxygen atoms in total. The summed E-state index contributed by atoms with van der Waals surface area (Å²) in [6, 6.07) is 0. The summed E-state index contributed by atoms with van der Waals surface area (Å²) in [5.74, 6) is -1.46. The third-order valence-corrected chi connectivity index (χ3v) is 7.83. The average Bonchev–Trinajstić information content (AvgIpc) is 2.93. The number of halogens is 2. The lowest BCUT2D eigenvalue weighted by Crippen LogP contribution is -2.37. The molecule has 1 N–H and O–H groups in total. The van der Waals surface area contributed by atoms with Crippen LogP contribution in [0.5, 0.6) is 0 Å². The molecule has 0 aromatic rings. The molecule has 19 heavy (non-hydrogen) atoms. The van der Waals surface area contributed by atoms with E-state index >= 15 is 0 Å². The van der Waals surface area contributed by atoms with Gasteiger partial charge in [0.2, 0.25) is 11.8 Å². The van der Waals surface area contributed by atoms with E-state index in [9.17, 15) is 14.4 Å². The largest absolute Gasteiger partial charge is 0.481 e. The Balaban J connectivity index is 1.83. The van der Waals surface area contributed by atoms with Crippen molar-refractivity contribution < 1.29 is 19.5 Å². The second-order valence-corrected chi connectivity index (χ2v) is 7.59. The molecule has 3 rings (SSSR count). The number of aliphatic carboxylic acids is 1. The molecule has 3 aliphatic rings. The van der Waals surface area contributed by atoms with Gasteiger partial charge in [0.05, 0.1) is 18.3 Å². The standard InChI is InChI=1S/C12H13Br2NO4/c13-9-4-3-5(10(9)14)8-7(4)11(18)15(12(8)19)2-1-6(16)17/h4-5,7-10H,1-3H2,(H,16,17). The van der Waals surface area contributed by atoms with Crippen LogP contribution in [0.1, 0.15) is 12.8 Å². The van der Waals surface area contributed by atoms with Gasteiger partial charge in [-0.05, 0) is 18.3 Å². The second kappa shape index (κ2) is 4.55. The number of carboxylic acids is 1. The van der Waals surface area contributed by atoms with Crippen LogP contribution in [0.15, 0.2) is 0 Å². The van der Waals surface area contributed by atoms with E-state index in [1.807, 2.05) is 0 Å². The molecule has 3 fully saturated rings. The van der Waals surface area contributed by atoms with Crippen molar-refractivity contribution in [3.05, 3.63) is 0 Å². The van der Waals surface area contributed by atoms with Gasteiger partial charge in [-0.25, -0.2) is 0 Å². The Morgan fingerprint density at radius 1 is 1.16 bits per heavy atom. The van der Waals surface area contributed by atoms with E-state index in [1.54, 1.807) is 0 Å². The van der Waals surface area contributed by atoms with Gasteiger partial charge in [0.25, 0.3) is 0 Å². The number of amides is 2. The highest BCUT2D eigenvalue weighted by molar-refractivity contribution is 9.12. The van der Waals surface area contributed by atoms with Crippen molar-refractivity contribution >= 4 is 49.6 Å². The first-order valence-electron chi connectivity index (χ1n) is 6.28. The maximum absolute atomic E-state index is 12.3. The molecular weight excluding hydrogens is 382 g/mol. The van der Waals surface area contributed by atoms with Crippen molar-refractivity contribution in [2.24, 2.45) is 23.7 Å². The molecule has 1 heterocycles. The fraction of sp³-hybridized carbons (Fsp3) is 0.750. The number of carboxylic acid groups (broad SMARTS) is 1. The number of hydrogen-bond acceptors (Lipinski definition) is 3. The molecule has 0 aromatic heterocycles. The van der Waals surface area contributed by atoms with Gasteiger partial charge in [-0.3, -0.25) is 19.3 Å². The van der Waals surface area contributed by atoms with Crippen molar-refractivity contribution in [2.45, 2.75) is 22.5 Å². The molecule has 7 heteroatoms. The van der Waals surface area contributed by atoms with Crippen molar-refractivity contribution in [3.63, 3.8) is 0 Å². The number of carbonyl (C=O) groups is 3. The number of nitrogens with zero attached hydrogens (tertiary/aromatic N) is 1. The quantitative estimate of drug-likeness (QED) is 0.577. The average molecular weight is 395 g/mol. The summed E-state index contributed by atoms with van der Waals surface area (Å²) in [6.07, 6.45) is 0.715. The zero-order chi connectivity index (χ0) is 13.9. The van der Waals surface area contributed by atoms with Gasteiger partial charge < -0.3 is 5.11 Å². The summed E-state index contributed by atoms with van der Waals surface area (Å²) in [6.45, 7) is -0.000650. The number of alkyl halides is 2. The van der Waals surface area contributed by atoms with E-state index in [0.717, 1.165) is 11.3 Å². The molecule has 2 aliphatic carbocycles. The summed E-state index contributed by atoms with van der Waals surface area (Å²) in [7, 11) is 0. The first-order valence-corrected chi connectivity index (χ1v) is 8.11. The maximum Gasteiger partial charge on any atom is 0.305 e. The highest BCUT2D eigenvalue weighted by Crippen LogP contribution is 2.60. The van der Waals surface area contributed by atoms with E-state index in [0.29, 0.717) is 0 Å². The van der Waals surface area contributed by atoms with Gasteiger partial charge >= 0.3 is 5.97 Å². The van der Waals surface area contributed by atoms with Gasteiger partial charge in [0.1, 0.15) is 0 Å². The molecule has 6 unspecified atom stereocenters. The Kier molecular flexibility index (Phi) is 3.24. The summed E-state index contributed by atoms with van der Waals surface area (Å²) in [5, 5.41) is 8.69. The minimum atomic E-state index is -0.989. The third kappa shape index (κ3) is 1.81. The molecule has 1 aliphatic heterocycles. The van der Waals surface area contributed by atoms with Gasteiger partial charge in [-0.15, -0.1) is 0 Å². The summed E-state index contributed by atoms with van der Waals surface area (Å²) in [4.78, 5) is 36.8. The Morgan fingerprint density at radius 3 is 2.05 bits per heavy atom. The summed E-state index contributed by atoms with van der Waals surface area (Å²) >= 11 is 7.21. The van der Waals surface area contributed by atoms with Crippen molar-refractivity contribution in [1.29, 1.82) is 0 Å². The molecule has 2 amide bonds. The first-order chi connectivity index (χ1) is 8.93. The van der Waals surface area contributed by atoms with E-state index < -0.39 is 5.97 Å². The molecule has 2 bridgehead atoms. The molecule has 104 valence electrons. The van der Waals surface area contributed by atoms with Crippen LogP contribution in [-0.4, -0.2) is 44.0 Å². The van der Waals surface area contributed by atoms with E-state index in [2.05, 4.69) is 31.9 Å². The van der Waals surface area contributed by atoms with E-state index in [4.69, 9.17) is 5.11 Å². The van der Waals surface area contributed by atoms with Crippen LogP contribution in [0, 0.1) is 23.7 Å². The smallest absolute Gasteiger partial charge is 0.305 e. The van der Waals surface area contributed by atoms with Crippen LogP contribution in [0.4, 0.5) is 0 Å². The fourth-order valence-electron chi connectivity index (χ4n) is 3.84. The second-order valence-electron chi connectivity index (χ2n) is 5.48. The highest BCUT2D eigenvalue weighted by atomic mass is 79.9. The number of fused-ring (bicyclic) bond motifs is 5. The lowest BCUT2D eigenvalue weighted by atomic mass is 9.81. The predicted molar refractivity (Wildman–Crippen MR) is 73.0 cm³/mol. The first kappa shape index (κ1) is 13.5. The molecule has 0 spiro atoms. The Bertz CT molecular complexity index is 437. The monoisotopic (exact) mass is 393 g/mol. The van der Waals surface area contributed by atoms with Crippen LogP contribution in [0.2, 0.25) is 0 Å². The molecule has 1 saturated heterocycles. The lowest BCUT2D eigenvalue weighted by Gasteiger charge is -2.28. The Morgan fingerprint density at radius 2 is 1.63 bits per heavy atom. The van der Waals surface area contributed by atoms with E-state index in [1.165, 1.54) is 0 Å². The molecular formula is C12H13Br2NO4. The SMILES string of the molecule is O=C(O)CCN1C(=O)C2C3CC(C(Br)C3Br)C2C1=O. The minimum Gasteiger partial charge on any atom is -0.481 e. The molecule has 0 radical (unpaired) electrons. The predicted octanol–water partition coefficient (Wildman–Crippen LogP) is 1.24. The maximum atomic E-state index is 12.3. The number of likely N-dealkylation sites (tertiary alicyclic amines) is 1. The summed E-state index contributed by atoms with van der Waals surface area (Å²) in [5.41, 5.74) is 0. The lowest BCUT2D eigenvalue weighted by molar-refractivity contribution is -0.142. The van der Waals surface area contributed by atoms with E-state index in [-0.39, 0.29) is 58.1 Å². The highest BCUT2D eigenvalue weighted by Gasteiger charge is 2.66. The number of imide groups is 1. The Labute approximate surface area is 127 Å². The van der Waals surface area contributed by atoms with Crippen molar-refractivity contribution in [3.8, 4) is 0 Å². The van der Waals surface area contributed by atoms with Crippen LogP contribution < -0.4 is 0 Å². The molecule has 2 saturated carbocycles. The van der Waals surface area contributed by atoms with Crippen LogP contribution in [-0.2, 0) is 14.4 Å². The van der Waals surface area contributed by atoms with Gasteiger partial charge in [-0.1, -0.05) is 31.9 Å². The van der Waals surface area contributed by atoms with Crippen molar-refractivity contribution in [1.82, 2.24) is 4.90 Å². The van der Waals surface area contributed by atoms with Crippen LogP contribution in [0.3, 0.4) is 0 Å². The van der Waals surface area contributed by atoms with Gasteiger partial charge in [0.15, 0.2) is 0 Å². The number of rotatable bonds is 3. The zero-order valence-corrected chi connectivity index (χ0v) is 13.1. The van der Waals surface area contributed by atoms with Crippen molar-refractivity contribution in [2.75, 3.05) is 6.54 Å². The van der Waals surface area contributed by atoms with Gasteiger partial charge in [0, 0.05) is 16.2 Å².